The summed E-state index contributed by atoms with van der Waals surface area (Å²) in [6, 6.07) is 20.3. The molecule has 154 valence electrons. The third-order valence-corrected chi connectivity index (χ3v) is 6.17. The summed E-state index contributed by atoms with van der Waals surface area (Å²) < 4.78 is 33.7. The number of amides is 1. The topological polar surface area (TPSA) is 84.5 Å². The smallest absolute Gasteiger partial charge is 0.262 e. The molecular formula is C22H19BrN2O4S. The van der Waals surface area contributed by atoms with E-state index in [1.165, 1.54) is 25.3 Å². The third kappa shape index (κ3) is 5.49. The van der Waals surface area contributed by atoms with Crippen molar-refractivity contribution in [2.45, 2.75) is 4.90 Å². The van der Waals surface area contributed by atoms with Gasteiger partial charge < -0.3 is 10.1 Å². The van der Waals surface area contributed by atoms with Crippen LogP contribution in [-0.2, 0) is 14.8 Å². The second-order valence-electron chi connectivity index (χ2n) is 6.18. The molecule has 0 fully saturated rings. The molecule has 0 aliphatic carbocycles. The number of carbonyl (C=O) groups is 1. The van der Waals surface area contributed by atoms with Gasteiger partial charge in [0.2, 0.25) is 5.91 Å². The number of anilines is 2. The number of halogens is 1. The Morgan fingerprint density at radius 1 is 0.933 bits per heavy atom. The maximum atomic E-state index is 12.6. The van der Waals surface area contributed by atoms with Crippen LogP contribution in [-0.4, -0.2) is 21.4 Å². The van der Waals surface area contributed by atoms with Crippen molar-refractivity contribution >= 4 is 49.3 Å². The van der Waals surface area contributed by atoms with Crippen LogP contribution in [0.15, 0.2) is 88.2 Å². The molecule has 0 heterocycles. The van der Waals surface area contributed by atoms with Crippen LogP contribution in [0.4, 0.5) is 11.4 Å². The van der Waals surface area contributed by atoms with Crippen molar-refractivity contribution in [3.8, 4) is 5.75 Å². The number of ether oxygens (including phenoxy) is 1. The van der Waals surface area contributed by atoms with Gasteiger partial charge in [0.1, 0.15) is 5.75 Å². The standard InChI is InChI=1S/C22H19BrN2O4S/c1-29-21-9-5-4-8-20(21)25-30(27,28)17-13-10-16(11-14-17)12-15-22(26)24-19-7-3-2-6-18(19)23/h2-15,25H,1H3,(H,24,26)/b15-12+. The fourth-order valence-corrected chi connectivity index (χ4v) is 4.05. The Bertz CT molecular complexity index is 1180. The van der Waals surface area contributed by atoms with Crippen LogP contribution in [0, 0.1) is 0 Å². The molecule has 2 N–H and O–H groups in total. The highest BCUT2D eigenvalue weighted by Crippen LogP contribution is 2.26. The molecule has 0 saturated heterocycles. The molecule has 0 unspecified atom stereocenters. The molecule has 6 nitrogen and oxygen atoms in total. The summed E-state index contributed by atoms with van der Waals surface area (Å²) in [4.78, 5) is 12.2. The first-order valence-corrected chi connectivity index (χ1v) is 11.2. The lowest BCUT2D eigenvalue weighted by Gasteiger charge is -2.11. The number of carbonyl (C=O) groups excluding carboxylic acids is 1. The van der Waals surface area contributed by atoms with Crippen LogP contribution >= 0.6 is 15.9 Å². The van der Waals surface area contributed by atoms with E-state index >= 15 is 0 Å². The molecule has 0 atom stereocenters. The first-order valence-electron chi connectivity index (χ1n) is 8.88. The SMILES string of the molecule is COc1ccccc1NS(=O)(=O)c1ccc(/C=C/C(=O)Nc2ccccc2Br)cc1. The van der Waals surface area contributed by atoms with E-state index in [1.54, 1.807) is 48.5 Å². The highest BCUT2D eigenvalue weighted by molar-refractivity contribution is 9.10. The van der Waals surface area contributed by atoms with Gasteiger partial charge in [-0.2, -0.15) is 0 Å². The molecule has 3 aromatic rings. The minimum absolute atomic E-state index is 0.100. The molecule has 0 radical (unpaired) electrons. The number of para-hydroxylation sites is 3. The summed E-state index contributed by atoms with van der Waals surface area (Å²) in [6.45, 7) is 0. The number of sulfonamides is 1. The normalized spacial score (nSPS) is 11.3. The lowest BCUT2D eigenvalue weighted by molar-refractivity contribution is -0.111. The zero-order chi connectivity index (χ0) is 21.6. The number of rotatable bonds is 7. The summed E-state index contributed by atoms with van der Waals surface area (Å²) >= 11 is 3.37. The van der Waals surface area contributed by atoms with Gasteiger partial charge in [-0.3, -0.25) is 9.52 Å². The second-order valence-corrected chi connectivity index (χ2v) is 8.71. The molecular weight excluding hydrogens is 468 g/mol. The van der Waals surface area contributed by atoms with Gasteiger partial charge in [0, 0.05) is 10.5 Å². The predicted molar refractivity (Wildman–Crippen MR) is 122 cm³/mol. The Morgan fingerprint density at radius 2 is 1.57 bits per heavy atom. The Kier molecular flexibility index (Phi) is 6.91. The first-order chi connectivity index (χ1) is 14.4. The molecule has 0 aromatic heterocycles. The summed E-state index contributed by atoms with van der Waals surface area (Å²) in [6.07, 6.45) is 2.99. The zero-order valence-corrected chi connectivity index (χ0v) is 18.4. The zero-order valence-electron chi connectivity index (χ0n) is 16.0. The Labute approximate surface area is 183 Å². The van der Waals surface area contributed by atoms with Crippen LogP contribution < -0.4 is 14.8 Å². The second kappa shape index (κ2) is 9.60. The average molecular weight is 487 g/mol. The monoisotopic (exact) mass is 486 g/mol. The van der Waals surface area contributed by atoms with Crippen LogP contribution in [0.25, 0.3) is 6.08 Å². The van der Waals surface area contributed by atoms with Gasteiger partial charge in [0.15, 0.2) is 0 Å². The minimum Gasteiger partial charge on any atom is -0.495 e. The molecule has 0 spiro atoms. The van der Waals surface area contributed by atoms with Crippen LogP contribution in [0.1, 0.15) is 5.56 Å². The average Bonchev–Trinajstić information content (AvgIpc) is 2.74. The van der Waals surface area contributed by atoms with Gasteiger partial charge in [0.05, 0.1) is 23.4 Å². The molecule has 3 aromatic carbocycles. The molecule has 1 amide bonds. The van der Waals surface area contributed by atoms with Gasteiger partial charge in [-0.05, 0) is 64.0 Å². The van der Waals surface area contributed by atoms with Crippen molar-refractivity contribution in [3.05, 3.63) is 88.9 Å². The van der Waals surface area contributed by atoms with Crippen LogP contribution in [0.2, 0.25) is 0 Å². The van der Waals surface area contributed by atoms with Gasteiger partial charge in [-0.15, -0.1) is 0 Å². The maximum absolute atomic E-state index is 12.6. The number of benzene rings is 3. The number of hydrogen-bond donors (Lipinski definition) is 2. The third-order valence-electron chi connectivity index (χ3n) is 4.10. The molecule has 0 aliphatic rings. The lowest BCUT2D eigenvalue weighted by atomic mass is 10.2. The highest BCUT2D eigenvalue weighted by atomic mass is 79.9. The van der Waals surface area contributed by atoms with E-state index in [4.69, 9.17) is 4.74 Å². The van der Waals surface area contributed by atoms with Crippen molar-refractivity contribution < 1.29 is 17.9 Å². The molecule has 0 saturated carbocycles. The van der Waals surface area contributed by atoms with Gasteiger partial charge in [-0.1, -0.05) is 36.4 Å². The van der Waals surface area contributed by atoms with E-state index < -0.39 is 10.0 Å². The largest absolute Gasteiger partial charge is 0.495 e. The molecule has 30 heavy (non-hydrogen) atoms. The van der Waals surface area contributed by atoms with Gasteiger partial charge in [0.25, 0.3) is 10.0 Å². The minimum atomic E-state index is -3.78. The van der Waals surface area contributed by atoms with Crippen molar-refractivity contribution in [2.75, 3.05) is 17.1 Å². The summed E-state index contributed by atoms with van der Waals surface area (Å²) in [7, 11) is -2.30. The van der Waals surface area contributed by atoms with Crippen molar-refractivity contribution in [2.24, 2.45) is 0 Å². The molecule has 0 bridgehead atoms. The van der Waals surface area contributed by atoms with Crippen molar-refractivity contribution in [1.82, 2.24) is 0 Å². The van der Waals surface area contributed by atoms with E-state index in [2.05, 4.69) is 26.0 Å². The van der Waals surface area contributed by atoms with Crippen molar-refractivity contribution in [3.63, 3.8) is 0 Å². The van der Waals surface area contributed by atoms with Gasteiger partial charge in [-0.25, -0.2) is 8.42 Å². The van der Waals surface area contributed by atoms with E-state index in [0.29, 0.717) is 22.7 Å². The molecule has 0 aliphatic heterocycles. The first kappa shape index (κ1) is 21.6. The summed E-state index contributed by atoms with van der Waals surface area (Å²) in [5, 5.41) is 2.76. The summed E-state index contributed by atoms with van der Waals surface area (Å²) in [5.74, 6) is 0.133. The van der Waals surface area contributed by atoms with Crippen LogP contribution in [0.3, 0.4) is 0 Å². The molecule has 3 rings (SSSR count). The van der Waals surface area contributed by atoms with E-state index in [9.17, 15) is 13.2 Å². The van der Waals surface area contributed by atoms with Crippen molar-refractivity contribution in [1.29, 1.82) is 0 Å². The number of nitrogens with one attached hydrogen (secondary N) is 2. The Morgan fingerprint density at radius 3 is 2.23 bits per heavy atom. The number of methoxy groups -OCH3 is 1. The fraction of sp³-hybridized carbons (Fsp3) is 0.0455. The molecule has 8 heteroatoms. The Balaban J connectivity index is 1.69. The lowest BCUT2D eigenvalue weighted by Crippen LogP contribution is -2.13. The maximum Gasteiger partial charge on any atom is 0.262 e. The predicted octanol–water partition coefficient (Wildman–Crippen LogP) is 4.91. The highest BCUT2D eigenvalue weighted by Gasteiger charge is 2.16. The number of hydrogen-bond acceptors (Lipinski definition) is 4. The fourth-order valence-electron chi connectivity index (χ4n) is 2.60. The van der Waals surface area contributed by atoms with Crippen LogP contribution in [0.5, 0.6) is 5.75 Å². The van der Waals surface area contributed by atoms with E-state index in [1.807, 2.05) is 18.2 Å². The van der Waals surface area contributed by atoms with E-state index in [0.717, 1.165) is 4.47 Å². The summed E-state index contributed by atoms with van der Waals surface area (Å²) in [5.41, 5.74) is 1.71. The van der Waals surface area contributed by atoms with E-state index in [-0.39, 0.29) is 10.8 Å². The Hall–Kier alpha value is -3.10. The van der Waals surface area contributed by atoms with Gasteiger partial charge >= 0.3 is 0 Å². The quantitative estimate of drug-likeness (QED) is 0.464.